The van der Waals surface area contributed by atoms with Crippen LogP contribution in [0.4, 0.5) is 0 Å². The Balaban J connectivity index is 1.37. The van der Waals surface area contributed by atoms with Gasteiger partial charge in [-0.2, -0.15) is 0 Å². The lowest BCUT2D eigenvalue weighted by atomic mass is 9.49. The number of rotatable bonds is 5. The molecule has 4 heteroatoms. The van der Waals surface area contributed by atoms with Crippen molar-refractivity contribution in [3.8, 4) is 0 Å². The lowest BCUT2D eigenvalue weighted by Gasteiger charge is -2.55. The van der Waals surface area contributed by atoms with Crippen molar-refractivity contribution >= 4 is 11.9 Å². The van der Waals surface area contributed by atoms with E-state index < -0.39 is 6.10 Å². The molecule has 1 aromatic carbocycles. The van der Waals surface area contributed by atoms with Gasteiger partial charge in [0.2, 0.25) is 6.10 Å². The maximum Gasteiger partial charge on any atom is 0.313 e. The summed E-state index contributed by atoms with van der Waals surface area (Å²) in [7, 11) is 0. The number of esters is 1. The van der Waals surface area contributed by atoms with Gasteiger partial charge in [0, 0.05) is 11.6 Å². The zero-order valence-electron chi connectivity index (χ0n) is 15.2. The molecule has 1 aromatic rings. The van der Waals surface area contributed by atoms with Gasteiger partial charge in [0.1, 0.15) is 0 Å². The summed E-state index contributed by atoms with van der Waals surface area (Å²) >= 11 is 0. The summed E-state index contributed by atoms with van der Waals surface area (Å²) in [6.07, 6.45) is 7.98. The Hall–Kier alpha value is -1.84. The second-order valence-electron chi connectivity index (χ2n) is 9.18. The van der Waals surface area contributed by atoms with Crippen molar-refractivity contribution in [1.82, 2.24) is 5.32 Å². The topological polar surface area (TPSA) is 55.4 Å². The van der Waals surface area contributed by atoms with Crippen LogP contribution in [0.2, 0.25) is 0 Å². The van der Waals surface area contributed by atoms with E-state index in [4.69, 9.17) is 4.74 Å². The Bertz CT molecular complexity index is 674. The summed E-state index contributed by atoms with van der Waals surface area (Å²) in [6.45, 7) is 0. The Labute approximate surface area is 154 Å². The van der Waals surface area contributed by atoms with E-state index in [0.717, 1.165) is 37.7 Å². The number of nitrogens with one attached hydrogen (secondary N) is 1. The molecule has 0 unspecified atom stereocenters. The van der Waals surface area contributed by atoms with Crippen molar-refractivity contribution in [1.29, 1.82) is 0 Å². The van der Waals surface area contributed by atoms with Gasteiger partial charge in [-0.3, -0.25) is 9.59 Å². The molecule has 0 spiro atoms. The molecule has 4 nitrogen and oxygen atoms in total. The fraction of sp³-hybridized carbons (Fsp3) is 0.636. The average Bonchev–Trinajstić information content (AvgIpc) is 3.43. The first kappa shape index (κ1) is 16.3. The summed E-state index contributed by atoms with van der Waals surface area (Å²) in [4.78, 5) is 26.1. The summed E-state index contributed by atoms with van der Waals surface area (Å²) in [5.41, 5.74) is 0.436. The maximum atomic E-state index is 13.3. The van der Waals surface area contributed by atoms with Crippen molar-refractivity contribution in [2.24, 2.45) is 23.2 Å². The number of benzene rings is 1. The largest absolute Gasteiger partial charge is 0.447 e. The van der Waals surface area contributed by atoms with Crippen LogP contribution in [0.3, 0.4) is 0 Å². The van der Waals surface area contributed by atoms with Gasteiger partial charge in [-0.15, -0.1) is 0 Å². The number of ether oxygens (including phenoxy) is 1. The van der Waals surface area contributed by atoms with Crippen LogP contribution in [0.1, 0.15) is 63.0 Å². The number of hydrogen-bond donors (Lipinski definition) is 1. The number of hydrogen-bond acceptors (Lipinski definition) is 3. The highest BCUT2D eigenvalue weighted by atomic mass is 16.5. The van der Waals surface area contributed by atoms with E-state index in [1.807, 2.05) is 30.3 Å². The Kier molecular flexibility index (Phi) is 3.84. The Morgan fingerprint density at radius 1 is 0.962 bits per heavy atom. The minimum atomic E-state index is -0.822. The van der Waals surface area contributed by atoms with E-state index in [9.17, 15) is 9.59 Å². The van der Waals surface area contributed by atoms with E-state index in [0.29, 0.717) is 17.8 Å². The predicted molar refractivity (Wildman–Crippen MR) is 97.0 cm³/mol. The maximum absolute atomic E-state index is 13.3. The third-order valence-corrected chi connectivity index (χ3v) is 6.96. The summed E-state index contributed by atoms with van der Waals surface area (Å²) in [5, 5.41) is 3.02. The zero-order chi connectivity index (χ0) is 17.7. The Morgan fingerprint density at radius 2 is 1.54 bits per heavy atom. The van der Waals surface area contributed by atoms with Crippen LogP contribution in [0.5, 0.6) is 0 Å². The van der Waals surface area contributed by atoms with Crippen LogP contribution in [-0.2, 0) is 14.3 Å². The highest BCUT2D eigenvalue weighted by Crippen LogP contribution is 2.60. The van der Waals surface area contributed by atoms with Crippen molar-refractivity contribution in [3.05, 3.63) is 35.9 Å². The highest BCUT2D eigenvalue weighted by molar-refractivity contribution is 5.87. The van der Waals surface area contributed by atoms with Crippen LogP contribution >= 0.6 is 0 Å². The SMILES string of the molecule is O=C(NC1CC1)[C@@H](OC(=O)C12CC3CC(CC(C3)C1)C2)c1ccccc1. The molecule has 0 aliphatic heterocycles. The van der Waals surface area contributed by atoms with E-state index in [-0.39, 0.29) is 23.3 Å². The molecule has 1 amide bonds. The fourth-order valence-corrected chi connectivity index (χ4v) is 6.00. The second kappa shape index (κ2) is 6.11. The standard InChI is InChI=1S/C22H27NO3/c24-20(23-18-6-7-18)19(17-4-2-1-3-5-17)26-21(25)22-11-14-8-15(12-22)10-16(9-14)13-22/h1-5,14-16,18-19H,6-13H2,(H,23,24)/t14?,15?,16?,19-,22?/m0/s1. The van der Waals surface area contributed by atoms with Gasteiger partial charge in [0.15, 0.2) is 0 Å². The molecule has 0 radical (unpaired) electrons. The van der Waals surface area contributed by atoms with Crippen molar-refractivity contribution in [3.63, 3.8) is 0 Å². The van der Waals surface area contributed by atoms with Gasteiger partial charge in [-0.1, -0.05) is 30.3 Å². The van der Waals surface area contributed by atoms with Crippen molar-refractivity contribution < 1.29 is 14.3 Å². The summed E-state index contributed by atoms with van der Waals surface area (Å²) in [5.74, 6) is 1.76. The normalized spacial score (nSPS) is 35.8. The first-order valence-corrected chi connectivity index (χ1v) is 10.2. The number of carbonyl (C=O) groups is 2. The monoisotopic (exact) mass is 353 g/mol. The molecule has 5 aliphatic rings. The van der Waals surface area contributed by atoms with Crippen LogP contribution in [0.25, 0.3) is 0 Å². The molecule has 5 aliphatic carbocycles. The molecule has 0 saturated heterocycles. The number of carbonyl (C=O) groups excluding carboxylic acids is 2. The fourth-order valence-electron chi connectivity index (χ4n) is 6.00. The molecule has 5 saturated carbocycles. The van der Waals surface area contributed by atoms with E-state index >= 15 is 0 Å². The van der Waals surface area contributed by atoms with Gasteiger partial charge < -0.3 is 10.1 Å². The molecular weight excluding hydrogens is 326 g/mol. The van der Waals surface area contributed by atoms with E-state index in [2.05, 4.69) is 5.32 Å². The van der Waals surface area contributed by atoms with Gasteiger partial charge >= 0.3 is 5.97 Å². The molecule has 0 heterocycles. The van der Waals surface area contributed by atoms with Crippen molar-refractivity contribution in [2.75, 3.05) is 0 Å². The molecule has 1 N–H and O–H groups in total. The molecule has 6 rings (SSSR count). The van der Waals surface area contributed by atoms with Crippen LogP contribution < -0.4 is 5.32 Å². The molecule has 26 heavy (non-hydrogen) atoms. The van der Waals surface area contributed by atoms with Gasteiger partial charge in [0.05, 0.1) is 5.41 Å². The molecule has 5 fully saturated rings. The molecular formula is C22H27NO3. The molecule has 138 valence electrons. The predicted octanol–water partition coefficient (Wildman–Crippen LogP) is 3.77. The van der Waals surface area contributed by atoms with E-state index in [1.165, 1.54) is 19.3 Å². The van der Waals surface area contributed by atoms with Crippen molar-refractivity contribution in [2.45, 2.75) is 63.5 Å². The summed E-state index contributed by atoms with van der Waals surface area (Å²) < 4.78 is 5.96. The van der Waals surface area contributed by atoms with Crippen LogP contribution in [0.15, 0.2) is 30.3 Å². The van der Waals surface area contributed by atoms with Gasteiger partial charge in [0.25, 0.3) is 5.91 Å². The van der Waals surface area contributed by atoms with Crippen LogP contribution in [0, 0.1) is 23.2 Å². The minimum Gasteiger partial charge on any atom is -0.447 e. The lowest BCUT2D eigenvalue weighted by molar-refractivity contribution is -0.180. The second-order valence-corrected chi connectivity index (χ2v) is 9.18. The smallest absolute Gasteiger partial charge is 0.313 e. The summed E-state index contributed by atoms with van der Waals surface area (Å²) in [6, 6.07) is 9.72. The van der Waals surface area contributed by atoms with E-state index in [1.54, 1.807) is 0 Å². The third-order valence-electron chi connectivity index (χ3n) is 6.96. The van der Waals surface area contributed by atoms with Crippen LogP contribution in [-0.4, -0.2) is 17.9 Å². The van der Waals surface area contributed by atoms with Gasteiger partial charge in [-0.25, -0.2) is 0 Å². The first-order chi connectivity index (χ1) is 12.6. The molecule has 4 bridgehead atoms. The zero-order valence-corrected chi connectivity index (χ0v) is 15.2. The molecule has 1 atom stereocenters. The average molecular weight is 353 g/mol. The first-order valence-electron chi connectivity index (χ1n) is 10.2. The lowest BCUT2D eigenvalue weighted by Crippen LogP contribution is -2.51. The minimum absolute atomic E-state index is 0.128. The Morgan fingerprint density at radius 3 is 2.08 bits per heavy atom. The molecule has 0 aromatic heterocycles. The number of amides is 1. The quantitative estimate of drug-likeness (QED) is 0.820. The highest BCUT2D eigenvalue weighted by Gasteiger charge is 2.56. The third kappa shape index (κ3) is 2.93. The van der Waals surface area contributed by atoms with Gasteiger partial charge in [-0.05, 0) is 69.1 Å².